The van der Waals surface area contributed by atoms with Gasteiger partial charge >= 0.3 is 0 Å². The van der Waals surface area contributed by atoms with E-state index in [1.807, 2.05) is 31.2 Å². The lowest BCUT2D eigenvalue weighted by molar-refractivity contribution is -0.126. The Hall–Kier alpha value is -1.35. The summed E-state index contributed by atoms with van der Waals surface area (Å²) in [6.07, 6.45) is 3.63. The molecule has 106 valence electrons. The monoisotopic (exact) mass is 262 g/mol. The van der Waals surface area contributed by atoms with E-state index in [2.05, 4.69) is 19.2 Å². The molecule has 0 bridgehead atoms. The fourth-order valence-electron chi connectivity index (χ4n) is 2.57. The van der Waals surface area contributed by atoms with Crippen molar-refractivity contribution < 1.29 is 4.79 Å². The molecule has 0 heterocycles. The summed E-state index contributed by atoms with van der Waals surface area (Å²) in [7, 11) is 0. The van der Waals surface area contributed by atoms with Gasteiger partial charge in [-0.15, -0.1) is 0 Å². The zero-order valence-corrected chi connectivity index (χ0v) is 12.3. The third kappa shape index (κ3) is 3.80. The molecule has 3 N–H and O–H groups in total. The summed E-state index contributed by atoms with van der Waals surface area (Å²) < 4.78 is 0. The first-order chi connectivity index (χ1) is 9.09. The highest BCUT2D eigenvalue weighted by Crippen LogP contribution is 2.31. The van der Waals surface area contributed by atoms with Crippen molar-refractivity contribution in [3.05, 3.63) is 29.8 Å². The van der Waals surface area contributed by atoms with Gasteiger partial charge in [0.05, 0.1) is 5.41 Å². The maximum atomic E-state index is 12.6. The fraction of sp³-hybridized carbons (Fsp3) is 0.562. The summed E-state index contributed by atoms with van der Waals surface area (Å²) in [5.74, 6) is 0.0630. The van der Waals surface area contributed by atoms with Gasteiger partial charge in [-0.1, -0.05) is 44.9 Å². The third-order valence-corrected chi connectivity index (χ3v) is 3.72. The fourth-order valence-corrected chi connectivity index (χ4v) is 2.57. The Kier molecular flexibility index (Phi) is 6.03. The van der Waals surface area contributed by atoms with Crippen LogP contribution in [0.15, 0.2) is 24.3 Å². The maximum absolute atomic E-state index is 12.6. The van der Waals surface area contributed by atoms with Crippen LogP contribution in [0.3, 0.4) is 0 Å². The molecule has 1 amide bonds. The van der Waals surface area contributed by atoms with E-state index in [0.717, 1.165) is 36.9 Å². The Labute approximate surface area is 116 Å². The van der Waals surface area contributed by atoms with Crippen molar-refractivity contribution in [1.82, 2.24) is 0 Å². The number of anilines is 1. The van der Waals surface area contributed by atoms with Crippen molar-refractivity contribution in [2.75, 3.05) is 11.9 Å². The number of para-hydroxylation sites is 1. The van der Waals surface area contributed by atoms with Crippen LogP contribution in [0.5, 0.6) is 0 Å². The average molecular weight is 262 g/mol. The van der Waals surface area contributed by atoms with E-state index in [9.17, 15) is 4.79 Å². The first-order valence-electron chi connectivity index (χ1n) is 7.16. The second-order valence-electron chi connectivity index (χ2n) is 5.25. The Balaban J connectivity index is 2.91. The molecule has 0 saturated heterocycles. The lowest BCUT2D eigenvalue weighted by atomic mass is 9.78. The molecule has 0 aliphatic carbocycles. The number of hydrogen-bond acceptors (Lipinski definition) is 2. The van der Waals surface area contributed by atoms with Crippen LogP contribution >= 0.6 is 0 Å². The molecule has 0 aliphatic rings. The molecular formula is C16H26N2O. The highest BCUT2D eigenvalue weighted by Gasteiger charge is 2.35. The third-order valence-electron chi connectivity index (χ3n) is 3.72. The van der Waals surface area contributed by atoms with Gasteiger partial charge in [-0.2, -0.15) is 0 Å². The molecule has 0 aromatic heterocycles. The molecule has 0 radical (unpaired) electrons. The first-order valence-corrected chi connectivity index (χ1v) is 7.16. The topological polar surface area (TPSA) is 55.1 Å². The summed E-state index contributed by atoms with van der Waals surface area (Å²) in [4.78, 5) is 12.6. The number of aryl methyl sites for hydroxylation is 1. The summed E-state index contributed by atoms with van der Waals surface area (Å²) in [5, 5.41) is 3.05. The minimum absolute atomic E-state index is 0.0630. The second kappa shape index (κ2) is 7.29. The number of amides is 1. The van der Waals surface area contributed by atoms with E-state index in [-0.39, 0.29) is 5.91 Å². The van der Waals surface area contributed by atoms with Crippen LogP contribution in [0.4, 0.5) is 5.69 Å². The van der Waals surface area contributed by atoms with E-state index in [1.54, 1.807) is 0 Å². The Morgan fingerprint density at radius 2 is 1.79 bits per heavy atom. The molecule has 0 aliphatic heterocycles. The maximum Gasteiger partial charge on any atom is 0.231 e. The molecule has 0 spiro atoms. The number of nitrogens with one attached hydrogen (secondary N) is 1. The minimum Gasteiger partial charge on any atom is -0.329 e. The van der Waals surface area contributed by atoms with Gasteiger partial charge in [0.2, 0.25) is 5.91 Å². The molecular weight excluding hydrogens is 236 g/mol. The van der Waals surface area contributed by atoms with E-state index in [1.165, 1.54) is 0 Å². The van der Waals surface area contributed by atoms with Gasteiger partial charge in [0.1, 0.15) is 0 Å². The SMILES string of the molecule is CCCC(CN)(CCC)C(=O)Nc1ccccc1C. The number of benzene rings is 1. The van der Waals surface area contributed by atoms with Gasteiger partial charge in [0.15, 0.2) is 0 Å². The van der Waals surface area contributed by atoms with Crippen LogP contribution in [0.2, 0.25) is 0 Å². The number of hydrogen-bond donors (Lipinski definition) is 2. The van der Waals surface area contributed by atoms with Crippen LogP contribution in [-0.2, 0) is 4.79 Å². The number of nitrogens with two attached hydrogens (primary N) is 1. The van der Waals surface area contributed by atoms with Crippen LogP contribution in [-0.4, -0.2) is 12.5 Å². The van der Waals surface area contributed by atoms with Crippen molar-refractivity contribution in [3.63, 3.8) is 0 Å². The number of carbonyl (C=O) groups is 1. The van der Waals surface area contributed by atoms with Gasteiger partial charge in [-0.25, -0.2) is 0 Å². The van der Waals surface area contributed by atoms with Gasteiger partial charge < -0.3 is 11.1 Å². The standard InChI is InChI=1S/C16H26N2O/c1-4-10-16(12-17,11-5-2)15(19)18-14-9-7-6-8-13(14)3/h6-9H,4-5,10-12,17H2,1-3H3,(H,18,19). The Morgan fingerprint density at radius 3 is 2.26 bits per heavy atom. The summed E-state index contributed by atoms with van der Waals surface area (Å²) >= 11 is 0. The van der Waals surface area contributed by atoms with Crippen molar-refractivity contribution in [2.24, 2.45) is 11.1 Å². The van der Waals surface area contributed by atoms with Crippen molar-refractivity contribution in [1.29, 1.82) is 0 Å². The quantitative estimate of drug-likeness (QED) is 0.790. The molecule has 1 rings (SSSR count). The predicted molar refractivity (Wildman–Crippen MR) is 81.1 cm³/mol. The van der Waals surface area contributed by atoms with Gasteiger partial charge in [0.25, 0.3) is 0 Å². The summed E-state index contributed by atoms with van der Waals surface area (Å²) in [6, 6.07) is 7.84. The average Bonchev–Trinajstić information content (AvgIpc) is 2.41. The largest absolute Gasteiger partial charge is 0.329 e. The molecule has 3 nitrogen and oxygen atoms in total. The number of carbonyl (C=O) groups excluding carboxylic acids is 1. The van der Waals surface area contributed by atoms with E-state index < -0.39 is 5.41 Å². The smallest absolute Gasteiger partial charge is 0.231 e. The van der Waals surface area contributed by atoms with Gasteiger partial charge in [-0.3, -0.25) is 4.79 Å². The zero-order chi connectivity index (χ0) is 14.3. The van der Waals surface area contributed by atoms with Crippen LogP contribution in [0.1, 0.15) is 45.1 Å². The van der Waals surface area contributed by atoms with E-state index >= 15 is 0 Å². The van der Waals surface area contributed by atoms with E-state index in [4.69, 9.17) is 5.73 Å². The van der Waals surface area contributed by atoms with Gasteiger partial charge in [0, 0.05) is 12.2 Å². The predicted octanol–water partition coefficient (Wildman–Crippen LogP) is 3.48. The minimum atomic E-state index is -0.425. The first kappa shape index (κ1) is 15.7. The lowest BCUT2D eigenvalue weighted by Crippen LogP contribution is -2.42. The highest BCUT2D eigenvalue weighted by molar-refractivity contribution is 5.96. The highest BCUT2D eigenvalue weighted by atomic mass is 16.2. The van der Waals surface area contributed by atoms with E-state index in [0.29, 0.717) is 6.54 Å². The summed E-state index contributed by atoms with van der Waals surface area (Å²) in [5.41, 5.74) is 7.45. The lowest BCUT2D eigenvalue weighted by Gasteiger charge is -2.31. The van der Waals surface area contributed by atoms with Crippen molar-refractivity contribution >= 4 is 11.6 Å². The van der Waals surface area contributed by atoms with Crippen LogP contribution in [0.25, 0.3) is 0 Å². The van der Waals surface area contributed by atoms with Crippen LogP contribution < -0.4 is 11.1 Å². The molecule has 0 unspecified atom stereocenters. The summed E-state index contributed by atoms with van der Waals surface area (Å²) in [6.45, 7) is 6.61. The Bertz CT molecular complexity index is 409. The van der Waals surface area contributed by atoms with Crippen molar-refractivity contribution in [3.8, 4) is 0 Å². The Morgan fingerprint density at radius 1 is 1.21 bits per heavy atom. The zero-order valence-electron chi connectivity index (χ0n) is 12.3. The molecule has 3 heteroatoms. The number of rotatable bonds is 7. The molecule has 0 atom stereocenters. The molecule has 19 heavy (non-hydrogen) atoms. The van der Waals surface area contributed by atoms with Crippen molar-refractivity contribution in [2.45, 2.75) is 46.5 Å². The molecule has 0 fully saturated rings. The molecule has 1 aromatic carbocycles. The molecule has 0 saturated carbocycles. The normalized spacial score (nSPS) is 11.4. The van der Waals surface area contributed by atoms with Crippen LogP contribution in [0, 0.1) is 12.3 Å². The molecule has 1 aromatic rings. The van der Waals surface area contributed by atoms with Gasteiger partial charge in [-0.05, 0) is 31.4 Å². The second-order valence-corrected chi connectivity index (χ2v) is 5.25.